The Morgan fingerprint density at radius 1 is 1.13 bits per heavy atom. The van der Waals surface area contributed by atoms with Gasteiger partial charge < -0.3 is 19.4 Å². The number of carbonyl (C=O) groups is 1. The summed E-state index contributed by atoms with van der Waals surface area (Å²) in [4.78, 5) is 27.2. The smallest absolute Gasteiger partial charge is 0.339 e. The van der Waals surface area contributed by atoms with Crippen LogP contribution in [0.1, 0.15) is 53.7 Å². The molecule has 2 aromatic carbocycles. The lowest BCUT2D eigenvalue weighted by atomic mass is 10.0. The van der Waals surface area contributed by atoms with E-state index in [1.165, 1.54) is 13.5 Å². The monoisotopic (exact) mass is 420 g/mol. The first-order valence-corrected chi connectivity index (χ1v) is 10.7. The largest absolute Gasteiger partial charge is 0.465 e. The second-order valence-corrected chi connectivity index (χ2v) is 8.13. The number of fused-ring (bicyclic) bond motifs is 1. The normalized spacial score (nSPS) is 15.0. The third-order valence-corrected chi connectivity index (χ3v) is 5.83. The minimum absolute atomic E-state index is 0.0334. The Kier molecular flexibility index (Phi) is 5.98. The molecule has 6 nitrogen and oxygen atoms in total. The van der Waals surface area contributed by atoms with Crippen molar-refractivity contribution >= 4 is 28.5 Å². The van der Waals surface area contributed by atoms with E-state index in [0.29, 0.717) is 28.1 Å². The first kappa shape index (κ1) is 21.0. The standard InChI is InChI=1S/C25H28N2O4/c1-16-13-19(17(2)26-21-10-6-5-9-18(21)25(29)30-3)24-20(14-16)22(28)15-23(31-24)27-11-7-4-8-12-27/h5-6,9-10,13-15,17,26H,4,7-8,11-12H2,1-3H3. The van der Waals surface area contributed by atoms with Crippen LogP contribution in [-0.2, 0) is 4.74 Å². The van der Waals surface area contributed by atoms with Crippen LogP contribution in [0.25, 0.3) is 11.0 Å². The molecule has 0 bridgehead atoms. The van der Waals surface area contributed by atoms with Gasteiger partial charge in [0.25, 0.3) is 0 Å². The maximum absolute atomic E-state index is 12.9. The van der Waals surface area contributed by atoms with Crippen LogP contribution in [-0.4, -0.2) is 26.2 Å². The third kappa shape index (κ3) is 4.29. The fourth-order valence-corrected chi connectivity index (χ4v) is 4.22. The summed E-state index contributed by atoms with van der Waals surface area (Å²) in [7, 11) is 1.37. The molecule has 3 aromatic rings. The summed E-state index contributed by atoms with van der Waals surface area (Å²) < 4.78 is 11.2. The Morgan fingerprint density at radius 3 is 2.61 bits per heavy atom. The highest BCUT2D eigenvalue weighted by atomic mass is 16.5. The molecule has 1 atom stereocenters. The van der Waals surface area contributed by atoms with Crippen LogP contribution in [0.2, 0.25) is 0 Å². The molecule has 0 spiro atoms. The van der Waals surface area contributed by atoms with E-state index in [1.54, 1.807) is 18.2 Å². The molecular formula is C25H28N2O4. The molecule has 1 aliphatic rings. The Morgan fingerprint density at radius 2 is 1.87 bits per heavy atom. The van der Waals surface area contributed by atoms with Gasteiger partial charge in [-0.3, -0.25) is 4.79 Å². The summed E-state index contributed by atoms with van der Waals surface area (Å²) in [5.74, 6) is 0.229. The number of benzene rings is 2. The van der Waals surface area contributed by atoms with Gasteiger partial charge in [0.05, 0.1) is 24.1 Å². The topological polar surface area (TPSA) is 71.8 Å². The second kappa shape index (κ2) is 8.84. The Labute approximate surface area is 181 Å². The Bertz CT molecular complexity index is 1160. The summed E-state index contributed by atoms with van der Waals surface area (Å²) in [5.41, 5.74) is 3.56. The molecule has 1 saturated heterocycles. The van der Waals surface area contributed by atoms with E-state index in [0.717, 1.165) is 37.1 Å². The first-order valence-electron chi connectivity index (χ1n) is 10.7. The summed E-state index contributed by atoms with van der Waals surface area (Å²) in [6, 6.07) is 12.6. The number of nitrogens with zero attached hydrogens (tertiary/aromatic N) is 1. The molecule has 1 unspecified atom stereocenters. The van der Waals surface area contributed by atoms with E-state index >= 15 is 0 Å². The molecule has 1 aromatic heterocycles. The molecule has 0 radical (unpaired) electrons. The van der Waals surface area contributed by atoms with Gasteiger partial charge in [0.15, 0.2) is 11.3 Å². The Balaban J connectivity index is 1.77. The number of carbonyl (C=O) groups excluding carboxylic acids is 1. The fraction of sp³-hybridized carbons (Fsp3) is 0.360. The third-order valence-electron chi connectivity index (χ3n) is 5.83. The Hall–Kier alpha value is -3.28. The number of hydrogen-bond acceptors (Lipinski definition) is 6. The zero-order valence-corrected chi connectivity index (χ0v) is 18.2. The fourth-order valence-electron chi connectivity index (χ4n) is 4.22. The number of rotatable bonds is 5. The highest BCUT2D eigenvalue weighted by molar-refractivity contribution is 5.95. The average Bonchev–Trinajstić information content (AvgIpc) is 2.79. The van der Waals surface area contributed by atoms with Crippen molar-refractivity contribution in [1.82, 2.24) is 0 Å². The maximum atomic E-state index is 12.9. The van der Waals surface area contributed by atoms with Crippen molar-refractivity contribution in [1.29, 1.82) is 0 Å². The summed E-state index contributed by atoms with van der Waals surface area (Å²) in [6.07, 6.45) is 3.41. The lowest BCUT2D eigenvalue weighted by molar-refractivity contribution is 0.0602. The van der Waals surface area contributed by atoms with E-state index in [2.05, 4.69) is 10.2 Å². The molecule has 0 saturated carbocycles. The van der Waals surface area contributed by atoms with Crippen molar-refractivity contribution in [2.75, 3.05) is 30.4 Å². The minimum Gasteiger partial charge on any atom is -0.465 e. The van der Waals surface area contributed by atoms with Crippen LogP contribution in [0, 0.1) is 6.92 Å². The van der Waals surface area contributed by atoms with Crippen LogP contribution in [0.15, 0.2) is 51.7 Å². The molecule has 0 aliphatic carbocycles. The van der Waals surface area contributed by atoms with Gasteiger partial charge in [0, 0.05) is 30.4 Å². The van der Waals surface area contributed by atoms with E-state index < -0.39 is 5.97 Å². The number of ether oxygens (including phenoxy) is 1. The van der Waals surface area contributed by atoms with Crippen molar-refractivity contribution < 1.29 is 13.9 Å². The van der Waals surface area contributed by atoms with Gasteiger partial charge in [0.1, 0.15) is 5.58 Å². The zero-order valence-electron chi connectivity index (χ0n) is 18.2. The van der Waals surface area contributed by atoms with Crippen molar-refractivity contribution in [2.24, 2.45) is 0 Å². The predicted molar refractivity (Wildman–Crippen MR) is 123 cm³/mol. The number of anilines is 2. The molecule has 0 amide bonds. The van der Waals surface area contributed by atoms with Crippen LogP contribution in [0.4, 0.5) is 11.6 Å². The van der Waals surface area contributed by atoms with Gasteiger partial charge in [-0.1, -0.05) is 18.2 Å². The quantitative estimate of drug-likeness (QED) is 0.582. The summed E-state index contributed by atoms with van der Waals surface area (Å²) in [5, 5.41) is 3.98. The van der Waals surface area contributed by atoms with E-state index in [1.807, 2.05) is 38.1 Å². The van der Waals surface area contributed by atoms with Gasteiger partial charge in [-0.15, -0.1) is 0 Å². The number of para-hydroxylation sites is 1. The van der Waals surface area contributed by atoms with Crippen LogP contribution in [0.3, 0.4) is 0 Å². The lowest BCUT2D eigenvalue weighted by Gasteiger charge is -2.27. The zero-order chi connectivity index (χ0) is 22.0. The molecule has 1 N–H and O–H groups in total. The van der Waals surface area contributed by atoms with Gasteiger partial charge >= 0.3 is 5.97 Å². The number of hydrogen-bond donors (Lipinski definition) is 1. The number of esters is 1. The molecule has 162 valence electrons. The van der Waals surface area contributed by atoms with E-state index in [9.17, 15) is 9.59 Å². The number of aryl methyl sites for hydroxylation is 1. The van der Waals surface area contributed by atoms with Gasteiger partial charge in [-0.05, 0) is 56.9 Å². The highest BCUT2D eigenvalue weighted by Gasteiger charge is 2.20. The molecule has 1 aliphatic heterocycles. The van der Waals surface area contributed by atoms with Crippen LogP contribution < -0.4 is 15.6 Å². The molecule has 4 rings (SSSR count). The summed E-state index contributed by atoms with van der Waals surface area (Å²) >= 11 is 0. The van der Waals surface area contributed by atoms with E-state index in [-0.39, 0.29) is 11.5 Å². The summed E-state index contributed by atoms with van der Waals surface area (Å²) in [6.45, 7) is 5.76. The van der Waals surface area contributed by atoms with Gasteiger partial charge in [0.2, 0.25) is 0 Å². The second-order valence-electron chi connectivity index (χ2n) is 8.13. The maximum Gasteiger partial charge on any atom is 0.339 e. The van der Waals surface area contributed by atoms with Gasteiger partial charge in [-0.25, -0.2) is 4.79 Å². The molecule has 2 heterocycles. The highest BCUT2D eigenvalue weighted by Crippen LogP contribution is 2.31. The van der Waals surface area contributed by atoms with E-state index in [4.69, 9.17) is 9.15 Å². The van der Waals surface area contributed by atoms with Crippen molar-refractivity contribution in [3.8, 4) is 0 Å². The SMILES string of the molecule is COC(=O)c1ccccc1NC(C)c1cc(C)cc2c(=O)cc(N3CCCCC3)oc12. The number of piperidine rings is 1. The number of nitrogens with one attached hydrogen (secondary N) is 1. The van der Waals surface area contributed by atoms with Crippen LogP contribution in [0.5, 0.6) is 0 Å². The predicted octanol–water partition coefficient (Wildman–Crippen LogP) is 5.05. The molecular weight excluding hydrogens is 392 g/mol. The van der Waals surface area contributed by atoms with Crippen LogP contribution >= 0.6 is 0 Å². The van der Waals surface area contributed by atoms with Crippen molar-refractivity contribution in [3.63, 3.8) is 0 Å². The first-order chi connectivity index (χ1) is 15.0. The van der Waals surface area contributed by atoms with Crippen molar-refractivity contribution in [3.05, 3.63) is 69.4 Å². The average molecular weight is 421 g/mol. The van der Waals surface area contributed by atoms with Gasteiger partial charge in [-0.2, -0.15) is 0 Å². The molecule has 6 heteroatoms. The lowest BCUT2D eigenvalue weighted by Crippen LogP contribution is -2.30. The molecule has 1 fully saturated rings. The number of methoxy groups -OCH3 is 1. The van der Waals surface area contributed by atoms with Crippen molar-refractivity contribution in [2.45, 2.75) is 39.2 Å². The minimum atomic E-state index is -0.400. The molecule has 31 heavy (non-hydrogen) atoms.